The van der Waals surface area contributed by atoms with Gasteiger partial charge in [0.2, 0.25) is 0 Å². The number of benzene rings is 1. The first-order valence-corrected chi connectivity index (χ1v) is 20.5. The molecule has 0 heterocycles. The van der Waals surface area contributed by atoms with Crippen molar-refractivity contribution in [2.24, 2.45) is 0 Å². The van der Waals surface area contributed by atoms with E-state index in [-0.39, 0.29) is 0 Å². The summed E-state index contributed by atoms with van der Waals surface area (Å²) in [5.41, 5.74) is 2.31. The normalized spacial score (nSPS) is 11.4. The van der Waals surface area contributed by atoms with Crippen molar-refractivity contribution in [2.45, 2.75) is 200 Å². The second-order valence-electron chi connectivity index (χ2n) is 14.2. The first-order chi connectivity index (χ1) is 22.7. The molecule has 0 aliphatic heterocycles. The number of hydrogen-bond donors (Lipinski definition) is 2. The molecule has 1 aromatic rings. The maximum Gasteiger partial charge on any atom is 0.125 e. The van der Waals surface area contributed by atoms with Crippen LogP contribution in [0.2, 0.25) is 0 Å². The summed E-state index contributed by atoms with van der Waals surface area (Å²) in [7, 11) is 0. The Morgan fingerprint density at radius 3 is 1.33 bits per heavy atom. The van der Waals surface area contributed by atoms with Gasteiger partial charge < -0.3 is 5.32 Å². The third-order valence-electron chi connectivity index (χ3n) is 9.70. The molecule has 2 N–H and O–H groups in total. The maximum absolute atomic E-state index is 8.38. The van der Waals surface area contributed by atoms with Gasteiger partial charge in [-0.2, -0.15) is 0 Å². The molecule has 0 aliphatic rings. The van der Waals surface area contributed by atoms with Crippen LogP contribution in [0.3, 0.4) is 0 Å². The monoisotopic (exact) mass is 638 g/mol. The van der Waals surface area contributed by atoms with E-state index in [2.05, 4.69) is 48.8 Å². The Balaban J connectivity index is 2.29. The van der Waals surface area contributed by atoms with Crippen LogP contribution < -0.4 is 5.32 Å². The molecule has 3 nitrogen and oxygen atoms in total. The molecule has 0 spiro atoms. The summed E-state index contributed by atoms with van der Waals surface area (Å²) in [4.78, 5) is 2.70. The molecule has 266 valence electrons. The van der Waals surface area contributed by atoms with Crippen LogP contribution in [0.4, 0.5) is 0 Å². The lowest BCUT2D eigenvalue weighted by Crippen LogP contribution is -2.26. The van der Waals surface area contributed by atoms with E-state index in [9.17, 15) is 0 Å². The summed E-state index contributed by atoms with van der Waals surface area (Å²) < 4.78 is 0. The van der Waals surface area contributed by atoms with E-state index in [1.165, 1.54) is 198 Å². The molecule has 0 bridgehead atoms. The van der Waals surface area contributed by atoms with E-state index in [4.69, 9.17) is 5.41 Å². The van der Waals surface area contributed by atoms with Gasteiger partial charge in [0.05, 0.1) is 0 Å². The first kappa shape index (κ1) is 42.4. The fraction of sp³-hybridized carbons (Fsp3) is 0.791. The smallest absolute Gasteiger partial charge is 0.125 e. The van der Waals surface area contributed by atoms with Crippen molar-refractivity contribution >= 4 is 5.84 Å². The van der Waals surface area contributed by atoms with Gasteiger partial charge in [-0.15, -0.1) is 6.58 Å². The molecule has 0 radical (unpaired) electrons. The van der Waals surface area contributed by atoms with Crippen molar-refractivity contribution in [1.29, 1.82) is 5.41 Å². The number of nitrogens with one attached hydrogen (secondary N) is 2. The average molecular weight is 638 g/mol. The van der Waals surface area contributed by atoms with Crippen molar-refractivity contribution in [3.05, 3.63) is 48.0 Å². The van der Waals surface area contributed by atoms with Crippen LogP contribution in [0.15, 0.2) is 36.9 Å². The van der Waals surface area contributed by atoms with Gasteiger partial charge in [-0.05, 0) is 37.6 Å². The maximum atomic E-state index is 8.38. The topological polar surface area (TPSA) is 39.1 Å². The lowest BCUT2D eigenvalue weighted by atomic mass is 10.0. The number of amidine groups is 1. The van der Waals surface area contributed by atoms with Gasteiger partial charge in [0.1, 0.15) is 5.84 Å². The van der Waals surface area contributed by atoms with E-state index in [1.807, 2.05) is 12.1 Å². The van der Waals surface area contributed by atoms with Gasteiger partial charge in [-0.25, -0.2) is 0 Å². The number of nitrogens with zero attached hydrogens (tertiary/aromatic N) is 1. The summed E-state index contributed by atoms with van der Waals surface area (Å²) >= 11 is 0. The minimum atomic E-state index is 0.493. The Morgan fingerprint density at radius 1 is 0.587 bits per heavy atom. The van der Waals surface area contributed by atoms with E-state index in [0.717, 1.165) is 12.1 Å². The predicted octanol–water partition coefficient (Wildman–Crippen LogP) is 13.6. The minimum Gasteiger partial charge on any atom is -0.367 e. The first-order valence-electron chi connectivity index (χ1n) is 20.5. The van der Waals surface area contributed by atoms with Gasteiger partial charge in [0.25, 0.3) is 0 Å². The molecular weight excluding hydrogens is 558 g/mol. The predicted molar refractivity (Wildman–Crippen MR) is 207 cm³/mol. The van der Waals surface area contributed by atoms with Crippen LogP contribution in [-0.2, 0) is 6.54 Å². The Hall–Kier alpha value is -1.61. The SMILES string of the molecule is C=CCNC(=N)c1cccc(CN(CCCCCCCCCCCCCCCC)CCCCCCCCCCCCCCCC)c1. The fourth-order valence-corrected chi connectivity index (χ4v) is 6.69. The van der Waals surface area contributed by atoms with E-state index >= 15 is 0 Å². The van der Waals surface area contributed by atoms with Crippen LogP contribution in [0.25, 0.3) is 0 Å². The van der Waals surface area contributed by atoms with E-state index < -0.39 is 0 Å². The summed E-state index contributed by atoms with van der Waals surface area (Å²) in [6.07, 6.45) is 41.4. The van der Waals surface area contributed by atoms with Crippen molar-refractivity contribution in [1.82, 2.24) is 10.2 Å². The molecule has 1 aromatic carbocycles. The second kappa shape index (κ2) is 33.3. The van der Waals surface area contributed by atoms with E-state index in [1.54, 1.807) is 0 Å². The Labute approximate surface area is 288 Å². The Bertz CT molecular complexity index is 771. The number of unbranched alkanes of at least 4 members (excludes halogenated alkanes) is 26. The van der Waals surface area contributed by atoms with Crippen LogP contribution in [0.5, 0.6) is 0 Å². The Kier molecular flexibility index (Phi) is 30.7. The highest BCUT2D eigenvalue weighted by molar-refractivity contribution is 5.96. The lowest BCUT2D eigenvalue weighted by molar-refractivity contribution is 0.252. The van der Waals surface area contributed by atoms with Crippen molar-refractivity contribution in [3.8, 4) is 0 Å². The quantitative estimate of drug-likeness (QED) is 0.0336. The van der Waals surface area contributed by atoms with Crippen LogP contribution in [0.1, 0.15) is 205 Å². The molecule has 0 fully saturated rings. The fourth-order valence-electron chi connectivity index (χ4n) is 6.69. The standard InChI is InChI=1S/C43H79N3/c1-4-7-9-11-13-15-17-19-21-23-25-27-29-31-37-46(40-41-34-33-35-42(39-41)43(44)45-36-6-3)38-32-30-28-26-24-22-20-18-16-14-12-10-8-5-2/h6,33-35,39H,3-5,7-32,36-38,40H2,1-2H3,(H2,44,45). The molecule has 0 atom stereocenters. The van der Waals surface area contributed by atoms with Crippen LogP contribution >= 0.6 is 0 Å². The van der Waals surface area contributed by atoms with Gasteiger partial charge in [0.15, 0.2) is 0 Å². The molecule has 0 unspecified atom stereocenters. The third-order valence-corrected chi connectivity index (χ3v) is 9.70. The molecule has 0 amide bonds. The molecule has 46 heavy (non-hydrogen) atoms. The zero-order valence-corrected chi connectivity index (χ0v) is 31.2. The number of hydrogen-bond acceptors (Lipinski definition) is 2. The van der Waals surface area contributed by atoms with Gasteiger partial charge in [0, 0.05) is 18.7 Å². The van der Waals surface area contributed by atoms with Crippen molar-refractivity contribution in [3.63, 3.8) is 0 Å². The molecule has 1 rings (SSSR count). The number of rotatable bonds is 35. The van der Waals surface area contributed by atoms with E-state index in [0.29, 0.717) is 12.4 Å². The summed E-state index contributed by atoms with van der Waals surface area (Å²) in [6, 6.07) is 8.62. The summed E-state index contributed by atoms with van der Waals surface area (Å²) in [6.45, 7) is 12.4. The van der Waals surface area contributed by atoms with Crippen LogP contribution in [0, 0.1) is 5.41 Å². The van der Waals surface area contributed by atoms with Gasteiger partial charge >= 0.3 is 0 Å². The van der Waals surface area contributed by atoms with Crippen molar-refractivity contribution < 1.29 is 0 Å². The highest BCUT2D eigenvalue weighted by Gasteiger charge is 2.08. The zero-order valence-electron chi connectivity index (χ0n) is 31.2. The van der Waals surface area contributed by atoms with Crippen LogP contribution in [-0.4, -0.2) is 30.4 Å². The third kappa shape index (κ3) is 26.5. The molecular formula is C43H79N3. The molecule has 0 saturated heterocycles. The lowest BCUT2D eigenvalue weighted by Gasteiger charge is -2.23. The van der Waals surface area contributed by atoms with Gasteiger partial charge in [-0.3, -0.25) is 10.3 Å². The van der Waals surface area contributed by atoms with Crippen molar-refractivity contribution in [2.75, 3.05) is 19.6 Å². The average Bonchev–Trinajstić information content (AvgIpc) is 3.07. The summed E-state index contributed by atoms with van der Waals surface area (Å²) in [5, 5.41) is 11.5. The molecule has 3 heteroatoms. The summed E-state index contributed by atoms with van der Waals surface area (Å²) in [5.74, 6) is 0.493. The molecule has 0 aromatic heterocycles. The second-order valence-corrected chi connectivity index (χ2v) is 14.2. The zero-order chi connectivity index (χ0) is 33.2. The Morgan fingerprint density at radius 2 is 0.957 bits per heavy atom. The van der Waals surface area contributed by atoms with Gasteiger partial charge in [-0.1, -0.05) is 205 Å². The molecule has 0 aliphatic carbocycles. The highest BCUT2D eigenvalue weighted by Crippen LogP contribution is 2.16. The minimum absolute atomic E-state index is 0.493. The largest absolute Gasteiger partial charge is 0.367 e. The molecule has 0 saturated carbocycles. The highest BCUT2D eigenvalue weighted by atomic mass is 15.1.